The van der Waals surface area contributed by atoms with Crippen LogP contribution in [0.1, 0.15) is 36.8 Å². The van der Waals surface area contributed by atoms with E-state index in [0.29, 0.717) is 0 Å². The molecule has 0 unspecified atom stereocenters. The minimum atomic E-state index is 0.128. The molecule has 0 aliphatic carbocycles. The molecular formula is C16H20OS. The first kappa shape index (κ1) is 13.3. The van der Waals surface area contributed by atoms with Crippen molar-refractivity contribution in [2.45, 2.75) is 39.7 Å². The Morgan fingerprint density at radius 3 is 2.39 bits per heavy atom. The van der Waals surface area contributed by atoms with E-state index in [4.69, 9.17) is 5.11 Å². The standard InChI is InChI=1S/C16H20OS/c1-11-5-6-12(16(2,3)4)9-14(11)15-8-7-13(10-17)18-15/h5-9,17H,10H2,1-4H3. The summed E-state index contributed by atoms with van der Waals surface area (Å²) in [5.41, 5.74) is 4.09. The zero-order valence-electron chi connectivity index (χ0n) is 11.4. The molecule has 2 heteroatoms. The average molecular weight is 260 g/mol. The molecule has 0 bridgehead atoms. The molecule has 0 radical (unpaired) electrons. The first-order valence-corrected chi connectivity index (χ1v) is 7.04. The van der Waals surface area contributed by atoms with Crippen molar-refractivity contribution in [1.29, 1.82) is 0 Å². The molecule has 0 atom stereocenters. The van der Waals surface area contributed by atoms with Gasteiger partial charge in [-0.3, -0.25) is 0 Å². The lowest BCUT2D eigenvalue weighted by Gasteiger charge is -2.20. The molecule has 2 aromatic rings. The molecule has 0 amide bonds. The molecule has 0 saturated carbocycles. The highest BCUT2D eigenvalue weighted by Crippen LogP contribution is 2.34. The average Bonchev–Trinajstić information content (AvgIpc) is 2.76. The zero-order valence-corrected chi connectivity index (χ0v) is 12.3. The fraction of sp³-hybridized carbons (Fsp3) is 0.375. The van der Waals surface area contributed by atoms with Crippen molar-refractivity contribution in [3.63, 3.8) is 0 Å². The van der Waals surface area contributed by atoms with E-state index in [9.17, 15) is 0 Å². The van der Waals surface area contributed by atoms with Gasteiger partial charge in [0.15, 0.2) is 0 Å². The van der Waals surface area contributed by atoms with Crippen LogP contribution in [0.4, 0.5) is 0 Å². The SMILES string of the molecule is Cc1ccc(C(C)(C)C)cc1-c1ccc(CO)s1. The Hall–Kier alpha value is -1.12. The Kier molecular flexibility index (Phi) is 3.60. The second-order valence-electron chi connectivity index (χ2n) is 5.70. The summed E-state index contributed by atoms with van der Waals surface area (Å²) >= 11 is 1.67. The summed E-state index contributed by atoms with van der Waals surface area (Å²) in [5.74, 6) is 0. The van der Waals surface area contributed by atoms with Gasteiger partial charge in [-0.15, -0.1) is 11.3 Å². The lowest BCUT2D eigenvalue weighted by Crippen LogP contribution is -2.11. The predicted octanol–water partition coefficient (Wildman–Crippen LogP) is 4.51. The van der Waals surface area contributed by atoms with Crippen LogP contribution in [0.15, 0.2) is 30.3 Å². The number of hydrogen-bond donors (Lipinski definition) is 1. The minimum Gasteiger partial charge on any atom is -0.391 e. The van der Waals surface area contributed by atoms with Crippen molar-refractivity contribution < 1.29 is 5.11 Å². The number of benzene rings is 1. The van der Waals surface area contributed by atoms with E-state index in [0.717, 1.165) is 4.88 Å². The maximum atomic E-state index is 9.16. The number of aliphatic hydroxyl groups is 1. The van der Waals surface area contributed by atoms with Crippen LogP contribution < -0.4 is 0 Å². The molecule has 2 rings (SSSR count). The molecule has 0 aliphatic heterocycles. The highest BCUT2D eigenvalue weighted by atomic mass is 32.1. The minimum absolute atomic E-state index is 0.128. The summed E-state index contributed by atoms with van der Waals surface area (Å²) in [6.07, 6.45) is 0. The fourth-order valence-corrected chi connectivity index (χ4v) is 2.91. The van der Waals surface area contributed by atoms with Crippen LogP contribution in [0.2, 0.25) is 0 Å². The molecule has 96 valence electrons. The Labute approximate surface area is 113 Å². The van der Waals surface area contributed by atoms with Crippen LogP contribution in [0.25, 0.3) is 10.4 Å². The number of rotatable bonds is 2. The van der Waals surface area contributed by atoms with Crippen molar-refractivity contribution in [2.75, 3.05) is 0 Å². The summed E-state index contributed by atoms with van der Waals surface area (Å²) < 4.78 is 0. The molecule has 1 aromatic carbocycles. The van der Waals surface area contributed by atoms with E-state index >= 15 is 0 Å². The third-order valence-corrected chi connectivity index (χ3v) is 4.29. The summed E-state index contributed by atoms with van der Waals surface area (Å²) in [5, 5.41) is 9.16. The number of aliphatic hydroxyl groups excluding tert-OH is 1. The summed E-state index contributed by atoms with van der Waals surface area (Å²) in [7, 11) is 0. The molecule has 0 fully saturated rings. The second-order valence-corrected chi connectivity index (χ2v) is 6.87. The fourth-order valence-electron chi connectivity index (χ4n) is 1.96. The topological polar surface area (TPSA) is 20.2 Å². The van der Waals surface area contributed by atoms with E-state index in [1.807, 2.05) is 6.07 Å². The number of thiophene rings is 1. The maximum absolute atomic E-state index is 9.16. The normalized spacial score (nSPS) is 11.8. The molecule has 0 aliphatic rings. The van der Waals surface area contributed by atoms with Crippen LogP contribution in [0, 0.1) is 6.92 Å². The molecule has 1 N–H and O–H groups in total. The first-order valence-electron chi connectivity index (χ1n) is 6.23. The van der Waals surface area contributed by atoms with Crippen LogP contribution >= 0.6 is 11.3 Å². The highest BCUT2D eigenvalue weighted by Gasteiger charge is 2.15. The Balaban J connectivity index is 2.49. The van der Waals surface area contributed by atoms with Crippen molar-refractivity contribution in [1.82, 2.24) is 0 Å². The molecule has 1 nitrogen and oxygen atoms in total. The molecule has 0 spiro atoms. The van der Waals surface area contributed by atoms with Crippen molar-refractivity contribution in [2.24, 2.45) is 0 Å². The van der Waals surface area contributed by atoms with Gasteiger partial charge in [0, 0.05) is 9.75 Å². The summed E-state index contributed by atoms with van der Waals surface area (Å²) in [4.78, 5) is 2.26. The van der Waals surface area contributed by atoms with Gasteiger partial charge in [-0.2, -0.15) is 0 Å². The third kappa shape index (κ3) is 2.65. The van der Waals surface area contributed by atoms with Gasteiger partial charge in [0.2, 0.25) is 0 Å². The predicted molar refractivity (Wildman–Crippen MR) is 79.1 cm³/mol. The highest BCUT2D eigenvalue weighted by molar-refractivity contribution is 7.15. The lowest BCUT2D eigenvalue weighted by atomic mass is 9.85. The Bertz CT molecular complexity index is 546. The van der Waals surface area contributed by atoms with Gasteiger partial charge < -0.3 is 5.11 Å². The molecular weight excluding hydrogens is 240 g/mol. The van der Waals surface area contributed by atoms with E-state index in [2.05, 4.69) is 52.0 Å². The monoisotopic (exact) mass is 260 g/mol. The lowest BCUT2D eigenvalue weighted by molar-refractivity contribution is 0.285. The largest absolute Gasteiger partial charge is 0.391 e. The number of hydrogen-bond acceptors (Lipinski definition) is 2. The summed E-state index contributed by atoms with van der Waals surface area (Å²) in [6, 6.07) is 10.8. The number of aryl methyl sites for hydroxylation is 1. The van der Waals surface area contributed by atoms with Gasteiger partial charge in [0.1, 0.15) is 0 Å². The van der Waals surface area contributed by atoms with E-state index < -0.39 is 0 Å². The van der Waals surface area contributed by atoms with Crippen molar-refractivity contribution in [3.8, 4) is 10.4 Å². The van der Waals surface area contributed by atoms with Crippen LogP contribution in [-0.2, 0) is 12.0 Å². The second kappa shape index (κ2) is 4.87. The Morgan fingerprint density at radius 1 is 1.11 bits per heavy atom. The van der Waals surface area contributed by atoms with E-state index in [1.165, 1.54) is 21.6 Å². The smallest absolute Gasteiger partial charge is 0.0774 e. The molecule has 1 heterocycles. The van der Waals surface area contributed by atoms with Gasteiger partial charge in [-0.1, -0.05) is 32.9 Å². The first-order chi connectivity index (χ1) is 8.41. The van der Waals surface area contributed by atoms with Crippen LogP contribution in [0.5, 0.6) is 0 Å². The van der Waals surface area contributed by atoms with Gasteiger partial charge >= 0.3 is 0 Å². The van der Waals surface area contributed by atoms with Crippen LogP contribution in [0.3, 0.4) is 0 Å². The van der Waals surface area contributed by atoms with Gasteiger partial charge in [-0.05, 0) is 47.2 Å². The maximum Gasteiger partial charge on any atom is 0.0774 e. The van der Waals surface area contributed by atoms with E-state index in [-0.39, 0.29) is 12.0 Å². The van der Waals surface area contributed by atoms with E-state index in [1.54, 1.807) is 11.3 Å². The van der Waals surface area contributed by atoms with Crippen LogP contribution in [-0.4, -0.2) is 5.11 Å². The van der Waals surface area contributed by atoms with Crippen molar-refractivity contribution in [3.05, 3.63) is 46.3 Å². The van der Waals surface area contributed by atoms with Gasteiger partial charge in [0.05, 0.1) is 6.61 Å². The molecule has 1 aromatic heterocycles. The molecule has 18 heavy (non-hydrogen) atoms. The van der Waals surface area contributed by atoms with Gasteiger partial charge in [-0.25, -0.2) is 0 Å². The van der Waals surface area contributed by atoms with Crippen molar-refractivity contribution >= 4 is 11.3 Å². The molecule has 0 saturated heterocycles. The Morgan fingerprint density at radius 2 is 1.83 bits per heavy atom. The zero-order chi connectivity index (χ0) is 13.3. The summed E-state index contributed by atoms with van der Waals surface area (Å²) in [6.45, 7) is 8.96. The van der Waals surface area contributed by atoms with Gasteiger partial charge in [0.25, 0.3) is 0 Å². The third-order valence-electron chi connectivity index (χ3n) is 3.19. The quantitative estimate of drug-likeness (QED) is 0.842.